The van der Waals surface area contributed by atoms with E-state index in [9.17, 15) is 0 Å². The maximum absolute atomic E-state index is 7.28. The summed E-state index contributed by atoms with van der Waals surface area (Å²) in [5.74, 6) is 0. The molecular weight excluding hydrogens is 1040 g/mol. The smallest absolute Gasteiger partial charge is 0.160 e. The molecule has 0 bridgehead atoms. The molecule has 21 rings (SSSR count). The minimum Gasteiger partial charge on any atom is -0.454 e. The first-order valence-electron chi connectivity index (χ1n) is 29.1. The van der Waals surface area contributed by atoms with Gasteiger partial charge in [0, 0.05) is 86.2 Å². The van der Waals surface area contributed by atoms with Gasteiger partial charge in [0.15, 0.2) is 22.3 Å². The number of furan rings is 4. The number of hydrogen-bond donors (Lipinski definition) is 0. The molecule has 21 aromatic rings. The first-order valence-corrected chi connectivity index (χ1v) is 29.1. The molecular formula is C79H42N2O4. The summed E-state index contributed by atoms with van der Waals surface area (Å²) < 4.78 is 33.3. The molecule has 6 nitrogen and oxygen atoms in total. The summed E-state index contributed by atoms with van der Waals surface area (Å²) in [5, 5.41) is 17.8. The highest BCUT2D eigenvalue weighted by molar-refractivity contribution is 6.35. The van der Waals surface area contributed by atoms with Gasteiger partial charge in [0.25, 0.3) is 0 Å². The lowest BCUT2D eigenvalue weighted by atomic mass is 9.94. The van der Waals surface area contributed by atoms with E-state index in [-0.39, 0.29) is 0 Å². The van der Waals surface area contributed by atoms with Crippen molar-refractivity contribution in [2.75, 3.05) is 0 Å². The van der Waals surface area contributed by atoms with Gasteiger partial charge in [-0.2, -0.15) is 0 Å². The molecule has 0 radical (unpaired) electrons. The number of nitrogens with zero attached hydrogens (tertiary/aromatic N) is 2. The van der Waals surface area contributed by atoms with Crippen molar-refractivity contribution in [1.82, 2.24) is 8.80 Å². The molecule has 0 saturated heterocycles. The van der Waals surface area contributed by atoms with Crippen LogP contribution in [0.15, 0.2) is 254 Å². The molecule has 0 fully saturated rings. The Morgan fingerprint density at radius 2 is 0.612 bits per heavy atom. The van der Waals surface area contributed by atoms with Gasteiger partial charge in [0.05, 0.1) is 33.1 Å². The third kappa shape index (κ3) is 5.64. The van der Waals surface area contributed by atoms with E-state index in [2.05, 4.69) is 252 Å². The third-order valence-corrected chi connectivity index (χ3v) is 19.0. The Labute approximate surface area is 481 Å². The van der Waals surface area contributed by atoms with Crippen molar-refractivity contribution in [3.63, 3.8) is 0 Å². The van der Waals surface area contributed by atoms with Gasteiger partial charge in [0.2, 0.25) is 0 Å². The SMILES string of the molecule is Cc1ccc(-c2cc3c4ccc5c6ccccc6oc5c4n4c3c(c2)c2cc(-c3ccc5oc6c(ccc7c8cc(-c9cccc(-c%10ccccc%10)c9)cc9c%10ccc%11c%12ccccc%12oc%11c%10n(c98)c76)c5c3)c3c5ccccc5oc3c24)cc1. The molecule has 8 aromatic heterocycles. The monoisotopic (exact) mass is 1080 g/mol. The largest absolute Gasteiger partial charge is 0.454 e. The Hall–Kier alpha value is -11.3. The van der Waals surface area contributed by atoms with E-state index < -0.39 is 0 Å². The zero-order valence-electron chi connectivity index (χ0n) is 45.5. The molecule has 392 valence electrons. The van der Waals surface area contributed by atoms with Gasteiger partial charge < -0.3 is 26.5 Å². The van der Waals surface area contributed by atoms with Crippen LogP contribution in [0.3, 0.4) is 0 Å². The summed E-state index contributed by atoms with van der Waals surface area (Å²) in [4.78, 5) is 0. The van der Waals surface area contributed by atoms with E-state index >= 15 is 0 Å². The second kappa shape index (κ2) is 15.6. The zero-order valence-corrected chi connectivity index (χ0v) is 45.5. The van der Waals surface area contributed by atoms with Crippen molar-refractivity contribution < 1.29 is 17.7 Å². The molecule has 0 aliphatic carbocycles. The molecule has 0 saturated carbocycles. The van der Waals surface area contributed by atoms with Gasteiger partial charge in [-0.3, -0.25) is 0 Å². The first-order chi connectivity index (χ1) is 42.0. The molecule has 0 N–H and O–H groups in total. The Morgan fingerprint density at radius 3 is 1.20 bits per heavy atom. The lowest BCUT2D eigenvalue weighted by molar-refractivity contribution is 0.669. The van der Waals surface area contributed by atoms with E-state index in [4.69, 9.17) is 17.7 Å². The number of hydrogen-bond acceptors (Lipinski definition) is 4. The molecule has 8 heterocycles. The number of aromatic nitrogens is 2. The maximum atomic E-state index is 7.28. The van der Waals surface area contributed by atoms with Crippen LogP contribution in [-0.4, -0.2) is 8.80 Å². The average Bonchev–Trinajstić information content (AvgIpc) is 1.56. The van der Waals surface area contributed by atoms with Gasteiger partial charge in [-0.05, 0) is 136 Å². The molecule has 0 aliphatic heterocycles. The predicted molar refractivity (Wildman–Crippen MR) is 351 cm³/mol. The van der Waals surface area contributed by atoms with Crippen LogP contribution < -0.4 is 0 Å². The van der Waals surface area contributed by atoms with E-state index in [1.165, 1.54) is 38.4 Å². The zero-order chi connectivity index (χ0) is 55.1. The predicted octanol–water partition coefficient (Wildman–Crippen LogP) is 22.6. The Bertz CT molecular complexity index is 6520. The minimum atomic E-state index is 0.822. The number of para-hydroxylation sites is 3. The van der Waals surface area contributed by atoms with Crippen LogP contribution in [0, 0.1) is 6.92 Å². The van der Waals surface area contributed by atoms with Crippen LogP contribution in [0.25, 0.3) is 208 Å². The molecule has 0 unspecified atom stereocenters. The van der Waals surface area contributed by atoms with Crippen molar-refractivity contribution in [1.29, 1.82) is 0 Å². The van der Waals surface area contributed by atoms with Gasteiger partial charge >= 0.3 is 0 Å². The lowest BCUT2D eigenvalue weighted by Crippen LogP contribution is -1.86. The molecule has 0 amide bonds. The Balaban J connectivity index is 0.853. The number of rotatable bonds is 4. The van der Waals surface area contributed by atoms with Crippen molar-refractivity contribution in [3.8, 4) is 44.5 Å². The van der Waals surface area contributed by atoms with Crippen LogP contribution in [0.4, 0.5) is 0 Å². The van der Waals surface area contributed by atoms with Gasteiger partial charge in [-0.15, -0.1) is 0 Å². The fourth-order valence-corrected chi connectivity index (χ4v) is 15.2. The number of benzene rings is 13. The molecule has 0 atom stereocenters. The van der Waals surface area contributed by atoms with E-state index in [1.54, 1.807) is 0 Å². The van der Waals surface area contributed by atoms with Crippen LogP contribution in [-0.2, 0) is 0 Å². The lowest BCUT2D eigenvalue weighted by Gasteiger charge is -2.08. The third-order valence-electron chi connectivity index (χ3n) is 19.0. The molecule has 6 heteroatoms. The Morgan fingerprint density at radius 1 is 0.224 bits per heavy atom. The highest BCUT2D eigenvalue weighted by atomic mass is 16.3. The standard InChI is InChI=1S/C79H42N2O4/c1-41-22-24-43(25-23-41)47-36-60-51-27-30-55-50-17-6-9-20-66(50)83-77(55)73(51)81-71(60)63(37-47)64-40-58(69-57-18-7-10-21-67(57)85-79(69)75(64)81)46-26-33-68-59(35-46)56-32-29-53-62-39-48(45-15-11-14-44(34-45)42-12-3-2-4-13-42)38-61-52-28-31-54-49-16-5-8-19-65(49)82-76(54)72(52)80(70(61)62)74(53)78(56)84-68/h2-40H,1H3. The van der Waals surface area contributed by atoms with Gasteiger partial charge in [-0.1, -0.05) is 157 Å². The second-order valence-corrected chi connectivity index (χ2v) is 23.5. The summed E-state index contributed by atoms with van der Waals surface area (Å²) in [6.07, 6.45) is 0. The van der Waals surface area contributed by atoms with Crippen molar-refractivity contribution >= 4 is 164 Å². The van der Waals surface area contributed by atoms with Crippen LogP contribution in [0.5, 0.6) is 0 Å². The van der Waals surface area contributed by atoms with Crippen molar-refractivity contribution in [2.45, 2.75) is 6.92 Å². The molecule has 85 heavy (non-hydrogen) atoms. The fourth-order valence-electron chi connectivity index (χ4n) is 15.2. The van der Waals surface area contributed by atoms with Crippen molar-refractivity contribution in [3.05, 3.63) is 242 Å². The van der Waals surface area contributed by atoms with E-state index in [1.807, 2.05) is 0 Å². The Kier molecular flexibility index (Phi) is 8.14. The minimum absolute atomic E-state index is 0.822. The summed E-state index contributed by atoms with van der Waals surface area (Å²) in [6, 6.07) is 86.1. The average molecular weight is 1080 g/mol. The van der Waals surface area contributed by atoms with Crippen LogP contribution in [0.2, 0.25) is 0 Å². The molecule has 0 aliphatic rings. The molecule has 13 aromatic carbocycles. The maximum Gasteiger partial charge on any atom is 0.160 e. The van der Waals surface area contributed by atoms with E-state index in [0.717, 1.165) is 176 Å². The summed E-state index contributed by atoms with van der Waals surface area (Å²) >= 11 is 0. The highest BCUT2D eigenvalue weighted by Crippen LogP contribution is 2.52. The van der Waals surface area contributed by atoms with Gasteiger partial charge in [-0.25, -0.2) is 0 Å². The quantitative estimate of drug-likeness (QED) is 0.176. The summed E-state index contributed by atoms with van der Waals surface area (Å²) in [6.45, 7) is 2.15. The van der Waals surface area contributed by atoms with E-state index in [0.29, 0.717) is 0 Å². The van der Waals surface area contributed by atoms with Crippen LogP contribution >= 0.6 is 0 Å². The highest BCUT2D eigenvalue weighted by Gasteiger charge is 2.30. The second-order valence-electron chi connectivity index (χ2n) is 23.5. The number of fused-ring (bicyclic) bond motifs is 28. The summed E-state index contributed by atoms with van der Waals surface area (Å²) in [7, 11) is 0. The first kappa shape index (κ1) is 44.3. The van der Waals surface area contributed by atoms with Crippen molar-refractivity contribution in [2.24, 2.45) is 0 Å². The topological polar surface area (TPSA) is 61.4 Å². The number of aryl methyl sites for hydroxylation is 1. The fraction of sp³-hybridized carbons (Fsp3) is 0.0127. The normalized spacial score (nSPS) is 12.8. The summed E-state index contributed by atoms with van der Waals surface area (Å²) in [5.41, 5.74) is 23.7. The molecule has 0 spiro atoms. The van der Waals surface area contributed by atoms with Crippen LogP contribution in [0.1, 0.15) is 5.56 Å². The van der Waals surface area contributed by atoms with Gasteiger partial charge in [0.1, 0.15) is 22.3 Å².